The maximum Gasteiger partial charge on any atom is 0.261 e. The summed E-state index contributed by atoms with van der Waals surface area (Å²) in [7, 11) is -3.53. The van der Waals surface area contributed by atoms with Gasteiger partial charge >= 0.3 is 0 Å². The molecule has 0 fully saturated rings. The van der Waals surface area contributed by atoms with Crippen molar-refractivity contribution in [2.45, 2.75) is 24.8 Å². The molecule has 0 aliphatic carbocycles. The first-order valence-corrected chi connectivity index (χ1v) is 8.84. The molecule has 6 heteroatoms. The van der Waals surface area contributed by atoms with Crippen LogP contribution in [0.3, 0.4) is 0 Å². The van der Waals surface area contributed by atoms with Crippen molar-refractivity contribution in [3.05, 3.63) is 46.7 Å². The van der Waals surface area contributed by atoms with Crippen LogP contribution in [0.15, 0.2) is 46.0 Å². The number of nitrogens with one attached hydrogen (secondary N) is 2. The molecule has 0 saturated carbocycles. The van der Waals surface area contributed by atoms with Crippen LogP contribution in [0.1, 0.15) is 25.5 Å². The molecule has 0 aliphatic rings. The molecule has 1 heterocycles. The number of sulfonamides is 1. The number of hydrogen-bond donors (Lipinski definition) is 2. The van der Waals surface area contributed by atoms with E-state index in [1.54, 1.807) is 29.6 Å². The monoisotopic (exact) mass is 310 g/mol. The average Bonchev–Trinajstić information content (AvgIpc) is 2.91. The van der Waals surface area contributed by atoms with Gasteiger partial charge < -0.3 is 5.32 Å². The fraction of sp³-hybridized carbons (Fsp3) is 0.286. The van der Waals surface area contributed by atoms with Crippen LogP contribution >= 0.6 is 11.3 Å². The van der Waals surface area contributed by atoms with Gasteiger partial charge in [-0.2, -0.15) is 11.3 Å². The van der Waals surface area contributed by atoms with E-state index in [1.165, 1.54) is 11.3 Å². The normalized spacial score (nSPS) is 13.1. The zero-order valence-electron chi connectivity index (χ0n) is 11.5. The second-order valence-electron chi connectivity index (χ2n) is 4.47. The molecule has 1 atom stereocenters. The Labute approximate surface area is 123 Å². The molecule has 20 heavy (non-hydrogen) atoms. The van der Waals surface area contributed by atoms with Crippen molar-refractivity contribution in [1.82, 2.24) is 5.32 Å². The molecule has 0 radical (unpaired) electrons. The highest BCUT2D eigenvalue weighted by molar-refractivity contribution is 7.92. The first kappa shape index (κ1) is 15.0. The van der Waals surface area contributed by atoms with Crippen LogP contribution in [0.25, 0.3) is 0 Å². The lowest BCUT2D eigenvalue weighted by molar-refractivity contribution is 0.592. The van der Waals surface area contributed by atoms with Gasteiger partial charge in [-0.3, -0.25) is 4.72 Å². The number of anilines is 1. The second-order valence-corrected chi connectivity index (χ2v) is 6.93. The van der Waals surface area contributed by atoms with E-state index in [2.05, 4.69) is 10.0 Å². The Morgan fingerprint density at radius 3 is 2.75 bits per heavy atom. The van der Waals surface area contributed by atoms with E-state index >= 15 is 0 Å². The fourth-order valence-corrected chi connectivity index (χ4v) is 3.68. The minimum atomic E-state index is -3.53. The molecule has 1 unspecified atom stereocenters. The predicted molar refractivity (Wildman–Crippen MR) is 83.7 cm³/mol. The molecule has 0 bridgehead atoms. The number of benzene rings is 1. The summed E-state index contributed by atoms with van der Waals surface area (Å²) in [5, 5.41) is 6.87. The molecule has 2 aromatic rings. The quantitative estimate of drug-likeness (QED) is 0.861. The molecular formula is C14H18N2O2S2. The van der Waals surface area contributed by atoms with Gasteiger partial charge in [-0.05, 0) is 42.6 Å². The van der Waals surface area contributed by atoms with Crippen LogP contribution < -0.4 is 10.0 Å². The van der Waals surface area contributed by atoms with Crippen molar-refractivity contribution in [3.63, 3.8) is 0 Å². The first-order valence-electron chi connectivity index (χ1n) is 6.41. The number of rotatable bonds is 6. The van der Waals surface area contributed by atoms with Gasteiger partial charge in [0.05, 0.1) is 10.6 Å². The summed E-state index contributed by atoms with van der Waals surface area (Å²) < 4.78 is 27.2. The van der Waals surface area contributed by atoms with Gasteiger partial charge in [0.1, 0.15) is 0 Å². The molecule has 0 spiro atoms. The SMILES string of the molecule is CCNC(C)c1cccc(S(=O)(=O)Nc2ccsc2)c1. The third-order valence-corrected chi connectivity index (χ3v) is 5.01. The van der Waals surface area contributed by atoms with Gasteiger partial charge in [-0.15, -0.1) is 0 Å². The van der Waals surface area contributed by atoms with Crippen molar-refractivity contribution in [2.24, 2.45) is 0 Å². The van der Waals surface area contributed by atoms with Crippen LogP contribution in [0, 0.1) is 0 Å². The van der Waals surface area contributed by atoms with Crippen LogP contribution in [0.5, 0.6) is 0 Å². The fourth-order valence-electron chi connectivity index (χ4n) is 1.91. The highest BCUT2D eigenvalue weighted by Crippen LogP contribution is 2.21. The highest BCUT2D eigenvalue weighted by Gasteiger charge is 2.16. The largest absolute Gasteiger partial charge is 0.310 e. The Hall–Kier alpha value is -1.37. The van der Waals surface area contributed by atoms with Gasteiger partial charge in [0.25, 0.3) is 10.0 Å². The average molecular weight is 310 g/mol. The summed E-state index contributed by atoms with van der Waals surface area (Å²) in [6.07, 6.45) is 0. The van der Waals surface area contributed by atoms with Crippen LogP contribution in [-0.4, -0.2) is 15.0 Å². The summed E-state index contributed by atoms with van der Waals surface area (Å²) in [5.74, 6) is 0. The minimum absolute atomic E-state index is 0.122. The number of thiophene rings is 1. The van der Waals surface area contributed by atoms with Crippen molar-refractivity contribution in [1.29, 1.82) is 0 Å². The molecule has 1 aromatic heterocycles. The standard InChI is InChI=1S/C14H18N2O2S2/c1-3-15-11(2)12-5-4-6-14(9-12)20(17,18)16-13-7-8-19-10-13/h4-11,15-16H,3H2,1-2H3. The van der Waals surface area contributed by atoms with Crippen LogP contribution in [0.4, 0.5) is 5.69 Å². The van der Waals surface area contributed by atoms with E-state index in [-0.39, 0.29) is 10.9 Å². The first-order chi connectivity index (χ1) is 9.53. The third-order valence-electron chi connectivity index (χ3n) is 2.95. The topological polar surface area (TPSA) is 58.2 Å². The van der Waals surface area contributed by atoms with Crippen molar-refractivity contribution < 1.29 is 8.42 Å². The van der Waals surface area contributed by atoms with Crippen LogP contribution in [0.2, 0.25) is 0 Å². The Kier molecular flexibility index (Phi) is 4.80. The van der Waals surface area contributed by atoms with Gasteiger partial charge in [0, 0.05) is 11.4 Å². The summed E-state index contributed by atoms with van der Waals surface area (Å²) in [4.78, 5) is 0.283. The maximum atomic E-state index is 12.3. The van der Waals surface area contributed by atoms with E-state index in [0.29, 0.717) is 5.69 Å². The Morgan fingerprint density at radius 1 is 1.30 bits per heavy atom. The van der Waals surface area contributed by atoms with E-state index in [0.717, 1.165) is 12.1 Å². The van der Waals surface area contributed by atoms with Crippen molar-refractivity contribution in [3.8, 4) is 0 Å². The minimum Gasteiger partial charge on any atom is -0.310 e. The van der Waals surface area contributed by atoms with Crippen LogP contribution in [-0.2, 0) is 10.0 Å². The van der Waals surface area contributed by atoms with E-state index in [9.17, 15) is 8.42 Å². The molecule has 4 nitrogen and oxygen atoms in total. The van der Waals surface area contributed by atoms with Gasteiger partial charge in [0.2, 0.25) is 0 Å². The van der Waals surface area contributed by atoms with Gasteiger partial charge in [0.15, 0.2) is 0 Å². The molecular weight excluding hydrogens is 292 g/mol. The Balaban J connectivity index is 2.25. The zero-order valence-corrected chi connectivity index (χ0v) is 13.1. The lowest BCUT2D eigenvalue weighted by atomic mass is 10.1. The van der Waals surface area contributed by atoms with Crippen molar-refractivity contribution in [2.75, 3.05) is 11.3 Å². The van der Waals surface area contributed by atoms with E-state index in [4.69, 9.17) is 0 Å². The number of hydrogen-bond acceptors (Lipinski definition) is 4. The van der Waals surface area contributed by atoms with Crippen molar-refractivity contribution >= 4 is 27.0 Å². The summed E-state index contributed by atoms with van der Waals surface area (Å²) in [6, 6.07) is 8.88. The summed E-state index contributed by atoms with van der Waals surface area (Å²) in [6.45, 7) is 4.88. The third kappa shape index (κ3) is 3.59. The smallest absolute Gasteiger partial charge is 0.261 e. The molecule has 0 amide bonds. The second kappa shape index (κ2) is 6.39. The summed E-state index contributed by atoms with van der Waals surface area (Å²) >= 11 is 1.45. The lowest BCUT2D eigenvalue weighted by Crippen LogP contribution is -2.18. The highest BCUT2D eigenvalue weighted by atomic mass is 32.2. The maximum absolute atomic E-state index is 12.3. The molecule has 2 N–H and O–H groups in total. The van der Waals surface area contributed by atoms with E-state index < -0.39 is 10.0 Å². The predicted octanol–water partition coefficient (Wildman–Crippen LogP) is 3.22. The molecule has 0 aliphatic heterocycles. The Bertz CT molecular complexity index is 652. The Morgan fingerprint density at radius 2 is 2.10 bits per heavy atom. The zero-order chi connectivity index (χ0) is 14.6. The molecule has 2 rings (SSSR count). The molecule has 0 saturated heterocycles. The molecule has 1 aromatic carbocycles. The van der Waals surface area contributed by atoms with Gasteiger partial charge in [-0.1, -0.05) is 19.1 Å². The molecule has 108 valence electrons. The summed E-state index contributed by atoms with van der Waals surface area (Å²) in [5.41, 5.74) is 1.56. The lowest BCUT2D eigenvalue weighted by Gasteiger charge is -2.14. The van der Waals surface area contributed by atoms with Gasteiger partial charge in [-0.25, -0.2) is 8.42 Å². The van der Waals surface area contributed by atoms with E-state index in [1.807, 2.05) is 25.3 Å².